The van der Waals surface area contributed by atoms with E-state index < -0.39 is 0 Å². The van der Waals surface area contributed by atoms with Crippen molar-refractivity contribution in [2.45, 2.75) is 44.1 Å². The molecule has 8 nitrogen and oxygen atoms in total. The smallest absolute Gasteiger partial charge is 0.231 e. The summed E-state index contributed by atoms with van der Waals surface area (Å²) in [5, 5.41) is 12.9. The Labute approximate surface area is 146 Å². The van der Waals surface area contributed by atoms with Crippen LogP contribution in [-0.4, -0.2) is 63.5 Å². The van der Waals surface area contributed by atoms with Crippen LogP contribution in [0.4, 0.5) is 0 Å². The van der Waals surface area contributed by atoms with Crippen molar-refractivity contribution in [1.82, 2.24) is 24.7 Å². The molecule has 2 saturated heterocycles. The third-order valence-corrected chi connectivity index (χ3v) is 5.11. The molecule has 0 saturated carbocycles. The van der Waals surface area contributed by atoms with E-state index in [0.717, 1.165) is 51.2 Å². The van der Waals surface area contributed by atoms with Crippen LogP contribution >= 0.6 is 0 Å². The fourth-order valence-electron chi connectivity index (χ4n) is 3.67. The van der Waals surface area contributed by atoms with E-state index in [4.69, 9.17) is 9.47 Å². The van der Waals surface area contributed by atoms with Crippen molar-refractivity contribution < 1.29 is 14.3 Å². The average Bonchev–Trinajstić information content (AvgIpc) is 3.30. The maximum atomic E-state index is 12.4. The average molecular weight is 345 g/mol. The van der Waals surface area contributed by atoms with Gasteiger partial charge < -0.3 is 14.4 Å². The summed E-state index contributed by atoms with van der Waals surface area (Å²) in [4.78, 5) is 14.4. The number of rotatable bonds is 4. The second-order valence-electron chi connectivity index (χ2n) is 6.70. The van der Waals surface area contributed by atoms with E-state index in [1.165, 1.54) is 0 Å². The Hall–Kier alpha value is -2.22. The van der Waals surface area contributed by atoms with Crippen LogP contribution in [0.1, 0.15) is 43.8 Å². The Morgan fingerprint density at radius 1 is 1.28 bits per heavy atom. The first kappa shape index (κ1) is 16.3. The van der Waals surface area contributed by atoms with Crippen LogP contribution < -0.4 is 4.74 Å². The molecule has 0 bridgehead atoms. The number of ether oxygens (including phenoxy) is 2. The molecule has 2 aromatic heterocycles. The molecule has 2 aliphatic heterocycles. The first-order valence-corrected chi connectivity index (χ1v) is 8.90. The summed E-state index contributed by atoms with van der Waals surface area (Å²) in [6, 6.07) is 3.63. The summed E-state index contributed by atoms with van der Waals surface area (Å²) in [6.45, 7) is 2.28. The number of carbonyl (C=O) groups is 1. The summed E-state index contributed by atoms with van der Waals surface area (Å²) in [6.07, 6.45) is 4.44. The van der Waals surface area contributed by atoms with Gasteiger partial charge in [-0.2, -0.15) is 4.52 Å². The highest BCUT2D eigenvalue weighted by Crippen LogP contribution is 2.28. The molecule has 0 radical (unpaired) electrons. The molecule has 0 aliphatic carbocycles. The molecule has 25 heavy (non-hydrogen) atoms. The molecule has 2 fully saturated rings. The van der Waals surface area contributed by atoms with Crippen molar-refractivity contribution >= 4 is 11.6 Å². The molecule has 1 atom stereocenters. The molecule has 2 aromatic rings. The zero-order chi connectivity index (χ0) is 17.2. The van der Waals surface area contributed by atoms with Gasteiger partial charge in [0.15, 0.2) is 11.5 Å². The van der Waals surface area contributed by atoms with Crippen LogP contribution in [0, 0.1) is 0 Å². The van der Waals surface area contributed by atoms with Gasteiger partial charge in [0.05, 0.1) is 19.6 Å². The Morgan fingerprint density at radius 3 is 2.84 bits per heavy atom. The lowest BCUT2D eigenvalue weighted by Crippen LogP contribution is -2.39. The Kier molecular flexibility index (Phi) is 4.52. The molecule has 4 heterocycles. The molecular weight excluding hydrogens is 322 g/mol. The van der Waals surface area contributed by atoms with E-state index in [-0.39, 0.29) is 17.9 Å². The van der Waals surface area contributed by atoms with Crippen LogP contribution in [0.25, 0.3) is 5.65 Å². The first-order chi connectivity index (χ1) is 12.2. The zero-order valence-electron chi connectivity index (χ0n) is 14.4. The molecule has 0 N–H and O–H groups in total. The first-order valence-electron chi connectivity index (χ1n) is 8.90. The van der Waals surface area contributed by atoms with Gasteiger partial charge >= 0.3 is 0 Å². The van der Waals surface area contributed by atoms with Gasteiger partial charge in [0, 0.05) is 31.7 Å². The predicted octanol–water partition coefficient (Wildman–Crippen LogP) is 1.41. The highest BCUT2D eigenvalue weighted by atomic mass is 16.5. The van der Waals surface area contributed by atoms with E-state index in [9.17, 15) is 4.79 Å². The number of fused-ring (bicyclic) bond motifs is 1. The van der Waals surface area contributed by atoms with Crippen LogP contribution in [0.15, 0.2) is 12.1 Å². The number of methoxy groups -OCH3 is 1. The van der Waals surface area contributed by atoms with Crippen LogP contribution in [0.2, 0.25) is 0 Å². The SMILES string of the molecule is COc1ccc2nnc(C3CCN(C(=O)CC4CCCO4)CC3)n2n1. The molecule has 1 unspecified atom stereocenters. The van der Waals surface area contributed by atoms with Crippen molar-refractivity contribution in [3.63, 3.8) is 0 Å². The predicted molar refractivity (Wildman–Crippen MR) is 89.5 cm³/mol. The van der Waals surface area contributed by atoms with E-state index in [0.29, 0.717) is 17.9 Å². The lowest BCUT2D eigenvalue weighted by atomic mass is 9.95. The molecule has 134 valence electrons. The van der Waals surface area contributed by atoms with Gasteiger partial charge in [-0.05, 0) is 31.7 Å². The largest absolute Gasteiger partial charge is 0.480 e. The lowest BCUT2D eigenvalue weighted by molar-refractivity contribution is -0.134. The van der Waals surface area contributed by atoms with E-state index in [1.54, 1.807) is 17.7 Å². The minimum absolute atomic E-state index is 0.113. The summed E-state index contributed by atoms with van der Waals surface area (Å²) in [5.41, 5.74) is 0.715. The molecule has 0 spiro atoms. The monoisotopic (exact) mass is 345 g/mol. The summed E-state index contributed by atoms with van der Waals surface area (Å²) in [5.74, 6) is 1.84. The van der Waals surface area contributed by atoms with E-state index in [2.05, 4.69) is 15.3 Å². The van der Waals surface area contributed by atoms with Gasteiger partial charge in [-0.25, -0.2) is 0 Å². The Balaban J connectivity index is 1.40. The maximum absolute atomic E-state index is 12.4. The number of amides is 1. The number of carbonyl (C=O) groups excluding carboxylic acids is 1. The Morgan fingerprint density at radius 2 is 2.12 bits per heavy atom. The number of aromatic nitrogens is 4. The van der Waals surface area contributed by atoms with Crippen LogP contribution in [0.5, 0.6) is 5.88 Å². The maximum Gasteiger partial charge on any atom is 0.231 e. The van der Waals surface area contributed by atoms with E-state index >= 15 is 0 Å². The number of hydrogen-bond acceptors (Lipinski definition) is 6. The lowest BCUT2D eigenvalue weighted by Gasteiger charge is -2.31. The Bertz CT molecular complexity index is 748. The fourth-order valence-corrected chi connectivity index (χ4v) is 3.67. The number of nitrogens with zero attached hydrogens (tertiary/aromatic N) is 5. The number of hydrogen-bond donors (Lipinski definition) is 0. The summed E-state index contributed by atoms with van der Waals surface area (Å²) >= 11 is 0. The van der Waals surface area contributed by atoms with Crippen molar-refractivity contribution in [1.29, 1.82) is 0 Å². The minimum atomic E-state index is 0.113. The third-order valence-electron chi connectivity index (χ3n) is 5.11. The zero-order valence-corrected chi connectivity index (χ0v) is 14.4. The molecular formula is C17H23N5O3. The van der Waals surface area contributed by atoms with Crippen molar-refractivity contribution in [3.05, 3.63) is 18.0 Å². The summed E-state index contributed by atoms with van der Waals surface area (Å²) in [7, 11) is 1.59. The molecule has 2 aliphatic rings. The molecule has 1 amide bonds. The molecule has 0 aromatic carbocycles. The number of likely N-dealkylation sites (tertiary alicyclic amines) is 1. The van der Waals surface area contributed by atoms with E-state index in [1.807, 2.05) is 11.0 Å². The van der Waals surface area contributed by atoms with Crippen molar-refractivity contribution in [3.8, 4) is 5.88 Å². The van der Waals surface area contributed by atoms with Gasteiger partial charge in [-0.1, -0.05) is 0 Å². The van der Waals surface area contributed by atoms with Gasteiger partial charge in [-0.15, -0.1) is 15.3 Å². The van der Waals surface area contributed by atoms with Gasteiger partial charge in [0.1, 0.15) is 0 Å². The molecule has 4 rings (SSSR count). The quantitative estimate of drug-likeness (QED) is 0.833. The van der Waals surface area contributed by atoms with Crippen molar-refractivity contribution in [2.24, 2.45) is 0 Å². The number of piperidine rings is 1. The fraction of sp³-hybridized carbons (Fsp3) is 0.647. The normalized spacial score (nSPS) is 21.8. The highest BCUT2D eigenvalue weighted by Gasteiger charge is 2.29. The molecule has 8 heteroatoms. The standard InChI is InChI=1S/C17H23N5O3/c1-24-15-5-4-14-18-19-17(22(14)20-15)12-6-8-21(9-7-12)16(23)11-13-3-2-10-25-13/h4-5,12-13H,2-3,6-11H2,1H3. The minimum Gasteiger partial charge on any atom is -0.480 e. The van der Waals surface area contributed by atoms with Gasteiger partial charge in [0.2, 0.25) is 11.8 Å². The van der Waals surface area contributed by atoms with Gasteiger partial charge in [0.25, 0.3) is 0 Å². The topological polar surface area (TPSA) is 81.9 Å². The highest BCUT2D eigenvalue weighted by molar-refractivity contribution is 5.76. The van der Waals surface area contributed by atoms with Crippen LogP contribution in [-0.2, 0) is 9.53 Å². The summed E-state index contributed by atoms with van der Waals surface area (Å²) < 4.78 is 12.5. The second kappa shape index (κ2) is 6.95. The third kappa shape index (κ3) is 3.30. The second-order valence-corrected chi connectivity index (χ2v) is 6.70. The van der Waals surface area contributed by atoms with Gasteiger partial charge in [-0.3, -0.25) is 4.79 Å². The van der Waals surface area contributed by atoms with Crippen LogP contribution in [0.3, 0.4) is 0 Å². The van der Waals surface area contributed by atoms with Crippen molar-refractivity contribution in [2.75, 3.05) is 26.8 Å².